The van der Waals surface area contributed by atoms with Gasteiger partial charge >= 0.3 is 6.18 Å². The van der Waals surface area contributed by atoms with E-state index >= 15 is 0 Å². The van der Waals surface area contributed by atoms with Gasteiger partial charge in [0.05, 0.1) is 16.1 Å². The van der Waals surface area contributed by atoms with Crippen molar-refractivity contribution in [1.82, 2.24) is 4.72 Å². The minimum Gasteiger partial charge on any atom is -0.305 e. The summed E-state index contributed by atoms with van der Waals surface area (Å²) in [6.07, 6.45) is -4.33. The molecule has 0 amide bonds. The lowest BCUT2D eigenvalue weighted by atomic mass is 10.2. The van der Waals surface area contributed by atoms with Gasteiger partial charge in [-0.15, -0.1) is 0 Å². The summed E-state index contributed by atoms with van der Waals surface area (Å²) in [6, 6.07) is 3.60. The van der Waals surface area contributed by atoms with Gasteiger partial charge in [-0.25, -0.2) is 4.99 Å². The molecule has 1 heterocycles. The Morgan fingerprint density at radius 1 is 1.33 bits per heavy atom. The van der Waals surface area contributed by atoms with E-state index in [-0.39, 0.29) is 0 Å². The lowest BCUT2D eigenvalue weighted by Gasteiger charge is -2.18. The van der Waals surface area contributed by atoms with Crippen molar-refractivity contribution in [3.05, 3.63) is 23.8 Å². The highest BCUT2D eigenvalue weighted by Gasteiger charge is 2.31. The third kappa shape index (κ3) is 3.14. The van der Waals surface area contributed by atoms with Crippen LogP contribution in [0.25, 0.3) is 0 Å². The fourth-order valence-electron chi connectivity index (χ4n) is 1.37. The topological polar surface area (TPSA) is 24.4 Å². The van der Waals surface area contributed by atoms with E-state index in [4.69, 9.17) is 0 Å². The Kier molecular flexibility index (Phi) is 3.82. The molecule has 2 nitrogen and oxygen atoms in total. The van der Waals surface area contributed by atoms with Crippen LogP contribution in [0.15, 0.2) is 28.1 Å². The zero-order valence-corrected chi connectivity index (χ0v) is 11.3. The number of benzene rings is 1. The van der Waals surface area contributed by atoms with Gasteiger partial charge in [-0.05, 0) is 30.1 Å². The molecule has 0 unspecified atom stereocenters. The molecule has 1 aliphatic rings. The fraction of sp³-hybridized carbons (Fsp3) is 0.364. The number of halogens is 3. The average molecular weight is 292 g/mol. The van der Waals surface area contributed by atoms with Gasteiger partial charge in [-0.1, -0.05) is 25.6 Å². The Bertz CT molecular complexity index is 484. The summed E-state index contributed by atoms with van der Waals surface area (Å²) in [5.41, 5.74) is -0.293. The summed E-state index contributed by atoms with van der Waals surface area (Å²) in [7, 11) is 0. The minimum absolute atomic E-state index is 0.323. The number of nitrogens with one attached hydrogen (secondary N) is 1. The van der Waals surface area contributed by atoms with Crippen molar-refractivity contribution in [2.45, 2.75) is 30.2 Å². The summed E-state index contributed by atoms with van der Waals surface area (Å²) in [5, 5.41) is 0.964. The summed E-state index contributed by atoms with van der Waals surface area (Å²) >= 11 is 2.78. The Morgan fingerprint density at radius 3 is 2.67 bits per heavy atom. The highest BCUT2D eigenvalue weighted by Crippen LogP contribution is 2.38. The number of aliphatic imine (C=N–C) groups is 1. The van der Waals surface area contributed by atoms with Crippen LogP contribution in [-0.4, -0.2) is 10.4 Å². The number of thioether (sulfide) groups is 1. The van der Waals surface area contributed by atoms with Crippen LogP contribution in [0.2, 0.25) is 0 Å². The van der Waals surface area contributed by atoms with E-state index in [9.17, 15) is 13.2 Å². The van der Waals surface area contributed by atoms with Gasteiger partial charge in [-0.3, -0.25) is 0 Å². The molecule has 1 aliphatic heterocycles. The molecule has 2 rings (SSSR count). The average Bonchev–Trinajstić information content (AvgIpc) is 2.26. The molecular weight excluding hydrogens is 281 g/mol. The van der Waals surface area contributed by atoms with Crippen LogP contribution >= 0.6 is 23.7 Å². The smallest absolute Gasteiger partial charge is 0.305 e. The van der Waals surface area contributed by atoms with Crippen molar-refractivity contribution >= 4 is 34.6 Å². The van der Waals surface area contributed by atoms with Crippen LogP contribution in [0.4, 0.5) is 18.9 Å². The maximum atomic E-state index is 12.6. The van der Waals surface area contributed by atoms with Gasteiger partial charge in [-0.2, -0.15) is 13.2 Å². The van der Waals surface area contributed by atoms with E-state index in [1.165, 1.54) is 29.8 Å². The molecule has 1 N–H and O–H groups in total. The lowest BCUT2D eigenvalue weighted by Crippen LogP contribution is -2.17. The van der Waals surface area contributed by atoms with Gasteiger partial charge in [0, 0.05) is 5.25 Å². The molecule has 1 aromatic carbocycles. The monoisotopic (exact) mass is 292 g/mol. The van der Waals surface area contributed by atoms with Crippen molar-refractivity contribution < 1.29 is 13.2 Å². The van der Waals surface area contributed by atoms with E-state index < -0.39 is 11.7 Å². The normalized spacial score (nSPS) is 15.1. The number of rotatable bonds is 1. The standard InChI is InChI=1S/C11H11F3N2S2/c1-6(2)17-10-15-8-5-7(11(12,13)14)3-4-9(8)18-16-10/h3-6H,1-2H3,(H,15,16). The first kappa shape index (κ1) is 13.6. The summed E-state index contributed by atoms with van der Waals surface area (Å²) in [4.78, 5) is 4.91. The van der Waals surface area contributed by atoms with Crippen LogP contribution in [0.1, 0.15) is 19.4 Å². The number of hydrogen-bond acceptors (Lipinski definition) is 4. The van der Waals surface area contributed by atoms with Crippen LogP contribution in [-0.2, 0) is 6.18 Å². The molecule has 0 spiro atoms. The Hall–Kier alpha value is -0.820. The quantitative estimate of drug-likeness (QED) is 0.774. The minimum atomic E-state index is -4.33. The number of amidine groups is 1. The highest BCUT2D eigenvalue weighted by atomic mass is 32.2. The Morgan fingerprint density at radius 2 is 2.06 bits per heavy atom. The first-order valence-corrected chi connectivity index (χ1v) is 6.95. The van der Waals surface area contributed by atoms with Crippen LogP contribution < -0.4 is 4.72 Å². The molecule has 1 aromatic rings. The van der Waals surface area contributed by atoms with E-state index in [0.717, 1.165) is 12.1 Å². The van der Waals surface area contributed by atoms with Crippen molar-refractivity contribution in [3.8, 4) is 0 Å². The Labute approximate surface area is 112 Å². The zero-order chi connectivity index (χ0) is 13.3. The fourth-order valence-corrected chi connectivity index (χ4v) is 2.88. The maximum absolute atomic E-state index is 12.6. The van der Waals surface area contributed by atoms with E-state index in [1.807, 2.05) is 13.8 Å². The van der Waals surface area contributed by atoms with E-state index in [0.29, 0.717) is 21.0 Å². The molecule has 7 heteroatoms. The lowest BCUT2D eigenvalue weighted by molar-refractivity contribution is -0.137. The summed E-state index contributed by atoms with van der Waals surface area (Å²) in [5.74, 6) is 0. The predicted octanol–water partition coefficient (Wildman–Crippen LogP) is 4.44. The molecule has 0 aliphatic carbocycles. The zero-order valence-electron chi connectivity index (χ0n) is 9.71. The Balaban J connectivity index is 2.33. The molecule has 0 bridgehead atoms. The van der Waals surface area contributed by atoms with Crippen molar-refractivity contribution in [2.75, 3.05) is 0 Å². The molecule has 0 radical (unpaired) electrons. The molecular formula is C11H11F3N2S2. The first-order valence-electron chi connectivity index (χ1n) is 5.25. The number of nitrogens with zero attached hydrogens (tertiary/aromatic N) is 1. The second-order valence-corrected chi connectivity index (χ2v) is 6.38. The van der Waals surface area contributed by atoms with Crippen molar-refractivity contribution in [1.29, 1.82) is 0 Å². The van der Waals surface area contributed by atoms with Crippen molar-refractivity contribution in [2.24, 2.45) is 4.99 Å². The molecule has 0 saturated carbocycles. The number of fused-ring (bicyclic) bond motifs is 1. The molecule has 98 valence electrons. The maximum Gasteiger partial charge on any atom is 0.416 e. The summed E-state index contributed by atoms with van der Waals surface area (Å²) in [6.45, 7) is 4.00. The van der Waals surface area contributed by atoms with Gasteiger partial charge in [0.1, 0.15) is 0 Å². The SMILES string of the molecule is CC(C)SC1=Nc2cc(C(F)(F)F)ccc2SN1. The van der Waals surface area contributed by atoms with Crippen LogP contribution in [0.3, 0.4) is 0 Å². The molecule has 0 aromatic heterocycles. The van der Waals surface area contributed by atoms with Crippen LogP contribution in [0.5, 0.6) is 0 Å². The second-order valence-electron chi connectivity index (χ2n) is 3.97. The van der Waals surface area contributed by atoms with Gasteiger partial charge in [0.15, 0.2) is 5.17 Å². The predicted molar refractivity (Wildman–Crippen MR) is 70.3 cm³/mol. The van der Waals surface area contributed by atoms with E-state index in [1.54, 1.807) is 0 Å². The van der Waals surface area contributed by atoms with Gasteiger partial charge in [0.2, 0.25) is 0 Å². The van der Waals surface area contributed by atoms with Gasteiger partial charge < -0.3 is 4.72 Å². The van der Waals surface area contributed by atoms with E-state index in [2.05, 4.69) is 9.71 Å². The van der Waals surface area contributed by atoms with Gasteiger partial charge in [0.25, 0.3) is 0 Å². The van der Waals surface area contributed by atoms with Crippen molar-refractivity contribution in [3.63, 3.8) is 0 Å². The summed E-state index contributed by atoms with van der Waals surface area (Å²) < 4.78 is 40.8. The first-order chi connectivity index (χ1) is 8.36. The number of alkyl halides is 3. The number of hydrogen-bond donors (Lipinski definition) is 1. The third-order valence-electron chi connectivity index (χ3n) is 2.10. The third-order valence-corrected chi connectivity index (χ3v) is 3.98. The molecule has 0 saturated heterocycles. The molecule has 18 heavy (non-hydrogen) atoms. The highest BCUT2D eigenvalue weighted by molar-refractivity contribution is 8.16. The largest absolute Gasteiger partial charge is 0.416 e. The van der Waals surface area contributed by atoms with Crippen LogP contribution in [0, 0.1) is 0 Å². The molecule has 0 fully saturated rings. The second kappa shape index (κ2) is 5.05. The molecule has 0 atom stereocenters.